The van der Waals surface area contributed by atoms with Gasteiger partial charge in [-0.25, -0.2) is 4.79 Å². The Balaban J connectivity index is 3.36. The number of hydrogen-bond acceptors (Lipinski definition) is 2. The minimum Gasteiger partial charge on any atom is -0.462 e. The zero-order valence-corrected chi connectivity index (χ0v) is 16.5. The normalized spacial score (nSPS) is 10.8. The highest BCUT2D eigenvalue weighted by Crippen LogP contribution is 2.13. The van der Waals surface area contributed by atoms with Crippen LogP contribution in [0.4, 0.5) is 0 Å². The van der Waals surface area contributed by atoms with Crippen molar-refractivity contribution >= 4 is 5.97 Å². The van der Waals surface area contributed by atoms with Crippen molar-refractivity contribution in [2.75, 3.05) is 6.61 Å². The molecule has 0 radical (unpaired) electrons. The van der Waals surface area contributed by atoms with Crippen molar-refractivity contribution in [2.45, 2.75) is 117 Å². The first-order valence-corrected chi connectivity index (χ1v) is 10.6. The molecule has 0 aromatic carbocycles. The molecule has 0 heterocycles. The average molecular weight is 339 g/mol. The summed E-state index contributed by atoms with van der Waals surface area (Å²) < 4.78 is 5.32. The smallest absolute Gasteiger partial charge is 0.333 e. The first-order valence-electron chi connectivity index (χ1n) is 10.6. The van der Waals surface area contributed by atoms with Crippen molar-refractivity contribution in [1.82, 2.24) is 0 Å². The van der Waals surface area contributed by atoms with Gasteiger partial charge < -0.3 is 4.74 Å². The molecular formula is C22H42O2. The summed E-state index contributed by atoms with van der Waals surface area (Å²) in [5.41, 5.74) is 0.656. The minimum absolute atomic E-state index is 0.177. The third-order valence-corrected chi connectivity index (χ3v) is 4.60. The van der Waals surface area contributed by atoms with Gasteiger partial charge in [0.05, 0.1) is 6.61 Å². The molecule has 0 saturated carbocycles. The Morgan fingerprint density at radius 1 is 0.667 bits per heavy atom. The first kappa shape index (κ1) is 23.2. The molecule has 0 aliphatic heterocycles. The van der Waals surface area contributed by atoms with E-state index in [1.807, 2.05) is 0 Å². The summed E-state index contributed by atoms with van der Waals surface area (Å²) in [5.74, 6) is -0.177. The SMILES string of the molecule is C=C(CCCCCCCCCC)C(=O)OCCCCCCCCC. The third kappa shape index (κ3) is 16.1. The fourth-order valence-corrected chi connectivity index (χ4v) is 2.90. The predicted molar refractivity (Wildman–Crippen MR) is 105 cm³/mol. The van der Waals surface area contributed by atoms with Gasteiger partial charge in [0.2, 0.25) is 0 Å². The molecule has 0 unspecified atom stereocenters. The molecule has 24 heavy (non-hydrogen) atoms. The van der Waals surface area contributed by atoms with Gasteiger partial charge in [-0.1, -0.05) is 104 Å². The summed E-state index contributed by atoms with van der Waals surface area (Å²) in [6.45, 7) is 8.93. The van der Waals surface area contributed by atoms with E-state index >= 15 is 0 Å². The van der Waals surface area contributed by atoms with E-state index in [0.717, 1.165) is 19.3 Å². The van der Waals surface area contributed by atoms with Gasteiger partial charge in [-0.3, -0.25) is 0 Å². The van der Waals surface area contributed by atoms with Gasteiger partial charge >= 0.3 is 5.97 Å². The van der Waals surface area contributed by atoms with Crippen LogP contribution in [0.15, 0.2) is 12.2 Å². The number of carbonyl (C=O) groups excluding carboxylic acids is 1. The summed E-state index contributed by atoms with van der Waals surface area (Å²) >= 11 is 0. The molecule has 0 atom stereocenters. The monoisotopic (exact) mass is 338 g/mol. The van der Waals surface area contributed by atoms with Crippen molar-refractivity contribution in [3.63, 3.8) is 0 Å². The van der Waals surface area contributed by atoms with Crippen LogP contribution >= 0.6 is 0 Å². The zero-order valence-electron chi connectivity index (χ0n) is 16.5. The van der Waals surface area contributed by atoms with Gasteiger partial charge in [0.1, 0.15) is 0 Å². The summed E-state index contributed by atoms with van der Waals surface area (Å²) in [5, 5.41) is 0. The molecule has 0 aromatic heterocycles. The van der Waals surface area contributed by atoms with E-state index in [0.29, 0.717) is 12.2 Å². The van der Waals surface area contributed by atoms with Gasteiger partial charge in [-0.15, -0.1) is 0 Å². The number of hydrogen-bond donors (Lipinski definition) is 0. The van der Waals surface area contributed by atoms with Crippen LogP contribution in [0.1, 0.15) is 117 Å². The molecule has 0 saturated heterocycles. The molecule has 0 amide bonds. The summed E-state index contributed by atoms with van der Waals surface area (Å²) in [4.78, 5) is 11.8. The Hall–Kier alpha value is -0.790. The molecule has 0 fully saturated rings. The van der Waals surface area contributed by atoms with Crippen LogP contribution in [0.25, 0.3) is 0 Å². The number of esters is 1. The highest BCUT2D eigenvalue weighted by Gasteiger charge is 2.07. The fraction of sp³-hybridized carbons (Fsp3) is 0.864. The second-order valence-electron chi connectivity index (χ2n) is 7.09. The molecule has 0 aliphatic carbocycles. The van der Waals surface area contributed by atoms with E-state index in [4.69, 9.17) is 4.74 Å². The summed E-state index contributed by atoms with van der Waals surface area (Å²) in [6.07, 6.45) is 19.8. The van der Waals surface area contributed by atoms with Gasteiger partial charge in [-0.05, 0) is 19.3 Å². The molecule has 0 spiro atoms. The van der Waals surface area contributed by atoms with Gasteiger partial charge in [0.25, 0.3) is 0 Å². The molecule has 142 valence electrons. The topological polar surface area (TPSA) is 26.3 Å². The third-order valence-electron chi connectivity index (χ3n) is 4.60. The second kappa shape index (κ2) is 18.5. The quantitative estimate of drug-likeness (QED) is 0.148. The lowest BCUT2D eigenvalue weighted by Gasteiger charge is -2.07. The van der Waals surface area contributed by atoms with Crippen molar-refractivity contribution in [3.05, 3.63) is 12.2 Å². The zero-order chi connectivity index (χ0) is 17.9. The highest BCUT2D eigenvalue weighted by molar-refractivity contribution is 5.87. The van der Waals surface area contributed by atoms with E-state index in [9.17, 15) is 4.79 Å². The molecule has 0 N–H and O–H groups in total. The fourth-order valence-electron chi connectivity index (χ4n) is 2.90. The van der Waals surface area contributed by atoms with E-state index in [2.05, 4.69) is 20.4 Å². The van der Waals surface area contributed by atoms with Crippen LogP contribution in [0.2, 0.25) is 0 Å². The number of ether oxygens (including phenoxy) is 1. The molecule has 0 aromatic rings. The maximum Gasteiger partial charge on any atom is 0.333 e. The first-order chi connectivity index (χ1) is 11.7. The van der Waals surface area contributed by atoms with Gasteiger partial charge in [0, 0.05) is 5.57 Å². The Morgan fingerprint density at radius 3 is 1.58 bits per heavy atom. The Bertz CT molecular complexity index is 266. The van der Waals surface area contributed by atoms with E-state index in [1.165, 1.54) is 83.5 Å². The lowest BCUT2D eigenvalue weighted by molar-refractivity contribution is -0.139. The maximum absolute atomic E-state index is 11.8. The van der Waals surface area contributed by atoms with Crippen LogP contribution in [0, 0.1) is 0 Å². The van der Waals surface area contributed by atoms with Crippen molar-refractivity contribution in [1.29, 1.82) is 0 Å². The molecule has 0 rings (SSSR count). The van der Waals surface area contributed by atoms with Crippen LogP contribution < -0.4 is 0 Å². The number of unbranched alkanes of at least 4 members (excludes halogenated alkanes) is 13. The minimum atomic E-state index is -0.177. The van der Waals surface area contributed by atoms with Gasteiger partial charge in [-0.2, -0.15) is 0 Å². The van der Waals surface area contributed by atoms with E-state index < -0.39 is 0 Å². The number of rotatable bonds is 18. The average Bonchev–Trinajstić information content (AvgIpc) is 2.59. The maximum atomic E-state index is 11.8. The molecular weight excluding hydrogens is 296 g/mol. The number of carbonyl (C=O) groups is 1. The predicted octanol–water partition coefficient (Wildman–Crippen LogP) is 7.37. The van der Waals surface area contributed by atoms with Crippen LogP contribution in [-0.4, -0.2) is 12.6 Å². The van der Waals surface area contributed by atoms with E-state index in [-0.39, 0.29) is 5.97 Å². The highest BCUT2D eigenvalue weighted by atomic mass is 16.5. The largest absolute Gasteiger partial charge is 0.462 e. The molecule has 2 nitrogen and oxygen atoms in total. The Kier molecular flexibility index (Phi) is 17.9. The lowest BCUT2D eigenvalue weighted by atomic mass is 10.1. The molecule has 0 bridgehead atoms. The van der Waals surface area contributed by atoms with Crippen LogP contribution in [-0.2, 0) is 9.53 Å². The molecule has 2 heteroatoms. The van der Waals surface area contributed by atoms with Crippen molar-refractivity contribution in [2.24, 2.45) is 0 Å². The Labute approximate surface area is 151 Å². The lowest BCUT2D eigenvalue weighted by Crippen LogP contribution is -2.08. The van der Waals surface area contributed by atoms with Gasteiger partial charge in [0.15, 0.2) is 0 Å². The summed E-state index contributed by atoms with van der Waals surface area (Å²) in [6, 6.07) is 0. The molecule has 0 aliphatic rings. The Morgan fingerprint density at radius 2 is 1.08 bits per heavy atom. The van der Waals surface area contributed by atoms with E-state index in [1.54, 1.807) is 0 Å². The van der Waals surface area contributed by atoms with Crippen LogP contribution in [0.5, 0.6) is 0 Å². The van der Waals surface area contributed by atoms with Crippen LogP contribution in [0.3, 0.4) is 0 Å². The standard InChI is InChI=1S/C22H42O2/c1-4-6-8-10-12-13-15-17-19-21(3)22(23)24-20-18-16-14-11-9-7-5-2/h3-20H2,1-2H3. The van der Waals surface area contributed by atoms with Crippen molar-refractivity contribution in [3.8, 4) is 0 Å². The summed E-state index contributed by atoms with van der Waals surface area (Å²) in [7, 11) is 0. The second-order valence-corrected chi connectivity index (χ2v) is 7.09. The van der Waals surface area contributed by atoms with Crippen molar-refractivity contribution < 1.29 is 9.53 Å².